The summed E-state index contributed by atoms with van der Waals surface area (Å²) in [6, 6.07) is 10.8. The molecule has 0 radical (unpaired) electrons. The number of nitrogens with zero attached hydrogens (tertiary/aromatic N) is 4. The average molecular weight is 340 g/mol. The molecule has 2 aromatic rings. The number of benzene rings is 1. The van der Waals surface area contributed by atoms with Gasteiger partial charge in [0.25, 0.3) is 0 Å². The normalized spacial score (nSPS) is 25.2. The maximum Gasteiger partial charge on any atom is 0.122 e. The van der Waals surface area contributed by atoms with Crippen molar-refractivity contribution in [1.29, 1.82) is 0 Å². The predicted octanol–water partition coefficient (Wildman–Crippen LogP) is 2.54. The van der Waals surface area contributed by atoms with Crippen LogP contribution in [0.15, 0.2) is 42.7 Å². The second-order valence-corrected chi connectivity index (χ2v) is 7.58. The largest absolute Gasteiger partial charge is 0.379 e. The summed E-state index contributed by atoms with van der Waals surface area (Å²) >= 11 is 0. The zero-order chi connectivity index (χ0) is 17.1. The quantitative estimate of drug-likeness (QED) is 0.860. The lowest BCUT2D eigenvalue weighted by atomic mass is 9.80. The van der Waals surface area contributed by atoms with Gasteiger partial charge in [-0.05, 0) is 31.5 Å². The molecule has 25 heavy (non-hydrogen) atoms. The maximum atomic E-state index is 6.06. The Morgan fingerprint density at radius 2 is 2.04 bits per heavy atom. The first-order valence-corrected chi connectivity index (χ1v) is 9.30. The fourth-order valence-corrected chi connectivity index (χ4v) is 4.29. The van der Waals surface area contributed by atoms with E-state index >= 15 is 0 Å². The Labute approximate surface area is 150 Å². The number of piperidine rings is 1. The second kappa shape index (κ2) is 7.18. The molecule has 2 fully saturated rings. The summed E-state index contributed by atoms with van der Waals surface area (Å²) in [5.74, 6) is 1.14. The molecule has 1 atom stereocenters. The van der Waals surface area contributed by atoms with Gasteiger partial charge in [0.2, 0.25) is 0 Å². The SMILES string of the molecule is Cn1ccnc1CN1CCC[C@@]2(COCCN(c3ccccc3)C2)C1. The first-order chi connectivity index (χ1) is 12.2. The topological polar surface area (TPSA) is 33.5 Å². The monoisotopic (exact) mass is 340 g/mol. The molecule has 1 aromatic heterocycles. The highest BCUT2D eigenvalue weighted by Gasteiger charge is 2.39. The number of ether oxygens (including phenoxy) is 1. The summed E-state index contributed by atoms with van der Waals surface area (Å²) in [7, 11) is 2.08. The third-order valence-corrected chi connectivity index (χ3v) is 5.59. The van der Waals surface area contributed by atoms with Gasteiger partial charge in [0.05, 0.1) is 19.8 Å². The van der Waals surface area contributed by atoms with E-state index in [4.69, 9.17) is 4.74 Å². The lowest BCUT2D eigenvalue weighted by Crippen LogP contribution is -2.50. The molecule has 0 N–H and O–H groups in total. The Morgan fingerprint density at radius 1 is 1.16 bits per heavy atom. The number of hydrogen-bond acceptors (Lipinski definition) is 4. The second-order valence-electron chi connectivity index (χ2n) is 7.58. The van der Waals surface area contributed by atoms with Crippen LogP contribution in [-0.4, -0.2) is 53.8 Å². The highest BCUT2D eigenvalue weighted by Crippen LogP contribution is 2.35. The summed E-state index contributed by atoms with van der Waals surface area (Å²) in [5, 5.41) is 0. The van der Waals surface area contributed by atoms with Crippen molar-refractivity contribution in [2.24, 2.45) is 12.5 Å². The Bertz CT molecular complexity index is 686. The minimum Gasteiger partial charge on any atom is -0.379 e. The fourth-order valence-electron chi connectivity index (χ4n) is 4.29. The number of rotatable bonds is 3. The van der Waals surface area contributed by atoms with E-state index in [0.29, 0.717) is 0 Å². The van der Waals surface area contributed by atoms with Gasteiger partial charge in [-0.1, -0.05) is 18.2 Å². The summed E-state index contributed by atoms with van der Waals surface area (Å²) < 4.78 is 8.18. The van der Waals surface area contributed by atoms with Crippen LogP contribution in [0.5, 0.6) is 0 Å². The molecule has 5 nitrogen and oxygen atoms in total. The zero-order valence-electron chi connectivity index (χ0n) is 15.1. The molecule has 0 saturated carbocycles. The summed E-state index contributed by atoms with van der Waals surface area (Å²) in [5.41, 5.74) is 1.53. The van der Waals surface area contributed by atoms with Crippen LogP contribution in [0, 0.1) is 5.41 Å². The first kappa shape index (κ1) is 16.6. The molecule has 1 aromatic carbocycles. The molecule has 0 bridgehead atoms. The standard InChI is InChI=1S/C20H28N4O/c1-22-11-9-21-19(22)14-23-10-5-8-20(15-23)16-24(12-13-25-17-20)18-6-3-2-4-7-18/h2-4,6-7,9,11H,5,8,10,12-17H2,1H3/t20-/m1/s1. The van der Waals surface area contributed by atoms with E-state index in [9.17, 15) is 0 Å². The van der Waals surface area contributed by atoms with Gasteiger partial charge in [0.1, 0.15) is 5.82 Å². The van der Waals surface area contributed by atoms with Gasteiger partial charge in [0, 0.05) is 50.2 Å². The van der Waals surface area contributed by atoms with Gasteiger partial charge in [-0.3, -0.25) is 4.90 Å². The zero-order valence-corrected chi connectivity index (χ0v) is 15.1. The number of likely N-dealkylation sites (tertiary alicyclic amines) is 1. The molecule has 2 saturated heterocycles. The molecule has 3 heterocycles. The van der Waals surface area contributed by atoms with Crippen molar-refractivity contribution in [1.82, 2.24) is 14.5 Å². The van der Waals surface area contributed by atoms with Crippen LogP contribution in [0.3, 0.4) is 0 Å². The smallest absolute Gasteiger partial charge is 0.122 e. The van der Waals surface area contributed by atoms with Crippen molar-refractivity contribution in [2.45, 2.75) is 19.4 Å². The van der Waals surface area contributed by atoms with Crippen LogP contribution >= 0.6 is 0 Å². The fraction of sp³-hybridized carbons (Fsp3) is 0.550. The van der Waals surface area contributed by atoms with Gasteiger partial charge in [-0.25, -0.2) is 4.98 Å². The summed E-state index contributed by atoms with van der Waals surface area (Å²) in [6.07, 6.45) is 6.39. The number of aryl methyl sites for hydroxylation is 1. The van der Waals surface area contributed by atoms with Gasteiger partial charge < -0.3 is 14.2 Å². The molecule has 1 spiro atoms. The molecular weight excluding hydrogens is 312 g/mol. The molecule has 2 aliphatic heterocycles. The highest BCUT2D eigenvalue weighted by atomic mass is 16.5. The Balaban J connectivity index is 1.49. The van der Waals surface area contributed by atoms with Crippen LogP contribution in [0.2, 0.25) is 0 Å². The van der Waals surface area contributed by atoms with Crippen LogP contribution < -0.4 is 4.90 Å². The number of anilines is 1. The molecule has 0 aliphatic carbocycles. The predicted molar refractivity (Wildman–Crippen MR) is 99.6 cm³/mol. The van der Waals surface area contributed by atoms with E-state index in [1.165, 1.54) is 18.5 Å². The van der Waals surface area contributed by atoms with Gasteiger partial charge >= 0.3 is 0 Å². The van der Waals surface area contributed by atoms with Crippen LogP contribution in [-0.2, 0) is 18.3 Å². The Hall–Kier alpha value is -1.85. The maximum absolute atomic E-state index is 6.06. The van der Waals surface area contributed by atoms with Crippen molar-refractivity contribution >= 4 is 5.69 Å². The highest BCUT2D eigenvalue weighted by molar-refractivity contribution is 5.46. The molecule has 134 valence electrons. The van der Waals surface area contributed by atoms with Crippen LogP contribution in [0.1, 0.15) is 18.7 Å². The van der Waals surface area contributed by atoms with E-state index in [0.717, 1.165) is 51.8 Å². The van der Waals surface area contributed by atoms with E-state index < -0.39 is 0 Å². The molecule has 0 unspecified atom stereocenters. The van der Waals surface area contributed by atoms with E-state index in [2.05, 4.69) is 56.7 Å². The number of para-hydroxylation sites is 1. The molecule has 0 amide bonds. The lowest BCUT2D eigenvalue weighted by Gasteiger charge is -2.44. The number of aromatic nitrogens is 2. The van der Waals surface area contributed by atoms with Crippen molar-refractivity contribution in [2.75, 3.05) is 44.3 Å². The molecule has 2 aliphatic rings. The number of hydrogen-bond donors (Lipinski definition) is 0. The van der Waals surface area contributed by atoms with Crippen molar-refractivity contribution in [3.63, 3.8) is 0 Å². The first-order valence-electron chi connectivity index (χ1n) is 9.30. The summed E-state index contributed by atoms with van der Waals surface area (Å²) in [6.45, 7) is 6.91. The molecule has 5 heteroatoms. The average Bonchev–Trinajstić information content (AvgIpc) is 2.92. The molecular formula is C20H28N4O. The Morgan fingerprint density at radius 3 is 2.84 bits per heavy atom. The number of imidazole rings is 1. The van der Waals surface area contributed by atoms with E-state index in [1.807, 2.05) is 12.4 Å². The molecule has 4 rings (SSSR count). The van der Waals surface area contributed by atoms with Crippen molar-refractivity contribution < 1.29 is 4.74 Å². The van der Waals surface area contributed by atoms with Gasteiger partial charge in [0.15, 0.2) is 0 Å². The minimum atomic E-state index is 0.218. The third-order valence-electron chi connectivity index (χ3n) is 5.59. The van der Waals surface area contributed by atoms with Crippen molar-refractivity contribution in [3.05, 3.63) is 48.5 Å². The van der Waals surface area contributed by atoms with E-state index in [1.54, 1.807) is 0 Å². The van der Waals surface area contributed by atoms with Crippen LogP contribution in [0.25, 0.3) is 0 Å². The lowest BCUT2D eigenvalue weighted by molar-refractivity contribution is 0.00969. The van der Waals surface area contributed by atoms with Gasteiger partial charge in [-0.2, -0.15) is 0 Å². The van der Waals surface area contributed by atoms with Crippen LogP contribution in [0.4, 0.5) is 5.69 Å². The summed E-state index contributed by atoms with van der Waals surface area (Å²) in [4.78, 5) is 9.57. The third kappa shape index (κ3) is 3.72. The van der Waals surface area contributed by atoms with E-state index in [-0.39, 0.29) is 5.41 Å². The Kier molecular flexibility index (Phi) is 4.77. The van der Waals surface area contributed by atoms with Crippen molar-refractivity contribution in [3.8, 4) is 0 Å². The minimum absolute atomic E-state index is 0.218. The van der Waals surface area contributed by atoms with Gasteiger partial charge in [-0.15, -0.1) is 0 Å².